The average molecular weight is 298 g/mol. The Morgan fingerprint density at radius 3 is 1.95 bits per heavy atom. The van der Waals surface area contributed by atoms with Crippen molar-refractivity contribution >= 4 is 19.1 Å². The molecule has 0 heterocycles. The molecule has 0 saturated heterocycles. The van der Waals surface area contributed by atoms with Gasteiger partial charge in [-0.15, -0.1) is 0 Å². The highest BCUT2D eigenvalue weighted by molar-refractivity contribution is 6.42. The molecule has 0 saturated carbocycles. The molecule has 6 heteroatoms. The molecule has 1 unspecified atom stereocenters. The normalized spacial score (nSPS) is 13.8. The number of allylic oxidation sites excluding steroid dienone is 3. The molecule has 0 amide bonds. The minimum absolute atomic E-state index is 0.300. The lowest BCUT2D eigenvalue weighted by atomic mass is 9.82. The molecule has 0 aliphatic carbocycles. The van der Waals surface area contributed by atoms with Gasteiger partial charge in [0, 0.05) is 5.56 Å². The molecule has 1 atom stereocenters. The van der Waals surface area contributed by atoms with Crippen molar-refractivity contribution in [3.05, 3.63) is 59.2 Å². The summed E-state index contributed by atoms with van der Waals surface area (Å²) in [5.41, 5.74) is -2.41. The Bertz CT molecular complexity index is 632. The third-order valence-corrected chi connectivity index (χ3v) is 2.77. The van der Waals surface area contributed by atoms with Crippen LogP contribution in [0.4, 0.5) is 22.0 Å². The predicted molar refractivity (Wildman–Crippen MR) is 74.1 cm³/mol. The summed E-state index contributed by atoms with van der Waals surface area (Å²) in [6.45, 7) is 6.20. The minimum Gasteiger partial charge on any atom is -0.207 e. The monoisotopic (exact) mass is 298 g/mol. The second-order valence-corrected chi connectivity index (χ2v) is 4.42. The molecule has 0 fully saturated rings. The van der Waals surface area contributed by atoms with Crippen LogP contribution in [0, 0.1) is 29.2 Å². The first-order valence-corrected chi connectivity index (χ1v) is 6.03. The number of benzene rings is 1. The molecule has 2 radical (unpaired) electrons. The standard InChI is InChI=1S/C15H12BF5/c1-4-5-7(2)6-9(16)11-10(8(3)17)12(18)14(20)15(21)13(11)19/h4-7H,3H2,1-2H3/b5-4?,9-6-. The molecule has 1 rings (SSSR count). The lowest BCUT2D eigenvalue weighted by Gasteiger charge is -2.14. The molecule has 21 heavy (non-hydrogen) atoms. The second kappa shape index (κ2) is 6.74. The van der Waals surface area contributed by atoms with Crippen molar-refractivity contribution in [1.82, 2.24) is 0 Å². The third-order valence-electron chi connectivity index (χ3n) is 2.77. The van der Waals surface area contributed by atoms with E-state index in [9.17, 15) is 22.0 Å². The molecule has 110 valence electrons. The Morgan fingerprint density at radius 2 is 1.52 bits per heavy atom. The highest BCUT2D eigenvalue weighted by Gasteiger charge is 2.27. The van der Waals surface area contributed by atoms with Gasteiger partial charge in [-0.3, -0.25) is 0 Å². The predicted octanol–water partition coefficient (Wildman–Crippen LogP) is 4.90. The van der Waals surface area contributed by atoms with Crippen LogP contribution in [0.25, 0.3) is 11.3 Å². The van der Waals surface area contributed by atoms with Gasteiger partial charge >= 0.3 is 0 Å². The molecule has 1 aromatic rings. The topological polar surface area (TPSA) is 0 Å². The largest absolute Gasteiger partial charge is 0.207 e. The van der Waals surface area contributed by atoms with E-state index in [4.69, 9.17) is 7.85 Å². The molecule has 0 nitrogen and oxygen atoms in total. The van der Waals surface area contributed by atoms with Crippen molar-refractivity contribution in [2.24, 2.45) is 5.92 Å². The van der Waals surface area contributed by atoms with E-state index in [0.29, 0.717) is 0 Å². The van der Waals surface area contributed by atoms with Crippen LogP contribution in [-0.4, -0.2) is 7.85 Å². The van der Waals surface area contributed by atoms with Gasteiger partial charge in [0.25, 0.3) is 0 Å². The molecule has 0 aromatic heterocycles. The number of hydrogen-bond donors (Lipinski definition) is 0. The summed E-state index contributed by atoms with van der Waals surface area (Å²) in [5, 5.41) is 0. The van der Waals surface area contributed by atoms with Crippen molar-refractivity contribution < 1.29 is 22.0 Å². The van der Waals surface area contributed by atoms with Crippen molar-refractivity contribution in [1.29, 1.82) is 0 Å². The summed E-state index contributed by atoms with van der Waals surface area (Å²) in [7, 11) is 5.58. The molecule has 0 aliphatic heterocycles. The van der Waals surface area contributed by atoms with Crippen LogP contribution in [0.15, 0.2) is 24.8 Å². The number of rotatable bonds is 4. The fourth-order valence-corrected chi connectivity index (χ4v) is 1.88. The van der Waals surface area contributed by atoms with Crippen LogP contribution in [0.1, 0.15) is 25.0 Å². The van der Waals surface area contributed by atoms with E-state index >= 15 is 0 Å². The van der Waals surface area contributed by atoms with E-state index in [2.05, 4.69) is 6.58 Å². The molecule has 0 aliphatic rings. The van der Waals surface area contributed by atoms with Crippen LogP contribution in [0.2, 0.25) is 0 Å². The quantitative estimate of drug-likeness (QED) is 0.244. The first-order chi connectivity index (χ1) is 9.72. The zero-order valence-corrected chi connectivity index (χ0v) is 11.5. The van der Waals surface area contributed by atoms with Gasteiger partial charge in [-0.2, -0.15) is 0 Å². The van der Waals surface area contributed by atoms with E-state index in [0.717, 1.165) is 0 Å². The first kappa shape index (κ1) is 17.2. The van der Waals surface area contributed by atoms with Crippen molar-refractivity contribution in [3.63, 3.8) is 0 Å². The molecular weight excluding hydrogens is 286 g/mol. The number of hydrogen-bond acceptors (Lipinski definition) is 0. The van der Waals surface area contributed by atoms with Crippen molar-refractivity contribution in [2.45, 2.75) is 13.8 Å². The SMILES string of the molecule is [B]/C(=C\C(C)C=CC)c1c(F)c(F)c(F)c(F)c1C(=C)F. The summed E-state index contributed by atoms with van der Waals surface area (Å²) in [5.74, 6) is -9.54. The molecule has 0 bridgehead atoms. The summed E-state index contributed by atoms with van der Waals surface area (Å²) in [6.07, 6.45) is 4.62. The maximum Gasteiger partial charge on any atom is 0.198 e. The van der Waals surface area contributed by atoms with Gasteiger partial charge in [-0.05, 0) is 12.8 Å². The van der Waals surface area contributed by atoms with Gasteiger partial charge < -0.3 is 0 Å². The highest BCUT2D eigenvalue weighted by atomic mass is 19.2. The lowest BCUT2D eigenvalue weighted by Crippen LogP contribution is -2.08. The molecule has 0 spiro atoms. The van der Waals surface area contributed by atoms with E-state index in [-0.39, 0.29) is 5.92 Å². The van der Waals surface area contributed by atoms with Gasteiger partial charge in [-0.25, -0.2) is 22.0 Å². The molecule has 1 aromatic carbocycles. The summed E-state index contributed by atoms with van der Waals surface area (Å²) in [4.78, 5) is 0. The Balaban J connectivity index is 3.65. The van der Waals surface area contributed by atoms with E-state index < -0.39 is 45.7 Å². The number of halogens is 5. The van der Waals surface area contributed by atoms with Gasteiger partial charge in [-0.1, -0.05) is 37.2 Å². The minimum atomic E-state index is -2.11. The Hall–Kier alpha value is -1.85. The summed E-state index contributed by atoms with van der Waals surface area (Å²) >= 11 is 0. The van der Waals surface area contributed by atoms with E-state index in [1.54, 1.807) is 26.0 Å². The summed E-state index contributed by atoms with van der Waals surface area (Å²) < 4.78 is 67.2. The van der Waals surface area contributed by atoms with Gasteiger partial charge in [0.15, 0.2) is 23.3 Å². The zero-order valence-electron chi connectivity index (χ0n) is 11.5. The Labute approximate surface area is 121 Å². The third kappa shape index (κ3) is 3.43. The van der Waals surface area contributed by atoms with Crippen molar-refractivity contribution in [3.8, 4) is 0 Å². The zero-order chi connectivity index (χ0) is 16.3. The van der Waals surface area contributed by atoms with Crippen LogP contribution < -0.4 is 0 Å². The smallest absolute Gasteiger partial charge is 0.198 e. The molecule has 0 N–H and O–H groups in total. The maximum atomic E-state index is 13.8. The summed E-state index contributed by atoms with van der Waals surface area (Å²) in [6, 6.07) is 0. The Kier molecular flexibility index (Phi) is 5.52. The first-order valence-electron chi connectivity index (χ1n) is 6.03. The van der Waals surface area contributed by atoms with E-state index in [1.165, 1.54) is 6.08 Å². The average Bonchev–Trinajstić information content (AvgIpc) is 2.39. The second-order valence-electron chi connectivity index (χ2n) is 4.42. The van der Waals surface area contributed by atoms with E-state index in [1.807, 2.05) is 0 Å². The van der Waals surface area contributed by atoms with Crippen molar-refractivity contribution in [2.75, 3.05) is 0 Å². The fraction of sp³-hybridized carbons (Fsp3) is 0.200. The van der Waals surface area contributed by atoms with Crippen LogP contribution >= 0.6 is 0 Å². The van der Waals surface area contributed by atoms with Gasteiger partial charge in [0.1, 0.15) is 13.7 Å². The molecular formula is C15H12BF5. The van der Waals surface area contributed by atoms with Gasteiger partial charge in [0.05, 0.1) is 5.56 Å². The highest BCUT2D eigenvalue weighted by Crippen LogP contribution is 2.33. The van der Waals surface area contributed by atoms with Gasteiger partial charge in [0.2, 0.25) is 0 Å². The van der Waals surface area contributed by atoms with Crippen LogP contribution in [-0.2, 0) is 0 Å². The van der Waals surface area contributed by atoms with Crippen LogP contribution in [0.3, 0.4) is 0 Å². The maximum absolute atomic E-state index is 13.8. The lowest BCUT2D eigenvalue weighted by molar-refractivity contribution is 0.405. The fourth-order valence-electron chi connectivity index (χ4n) is 1.88. The Morgan fingerprint density at radius 1 is 1.05 bits per heavy atom. The van der Waals surface area contributed by atoms with Crippen LogP contribution in [0.5, 0.6) is 0 Å².